The molecule has 0 unspecified atom stereocenters. The Morgan fingerprint density at radius 3 is 2.62 bits per heavy atom. The second-order valence-electron chi connectivity index (χ2n) is 13.3. The number of nitrogens with zero attached hydrogens (tertiary/aromatic N) is 6. The van der Waals surface area contributed by atoms with Crippen LogP contribution in [0.2, 0.25) is 0 Å². The fourth-order valence-electron chi connectivity index (χ4n) is 6.52. The summed E-state index contributed by atoms with van der Waals surface area (Å²) >= 11 is 0. The van der Waals surface area contributed by atoms with Crippen molar-refractivity contribution in [2.24, 2.45) is 5.92 Å². The number of hydrogen-bond donors (Lipinski definition) is 5. The predicted octanol–water partition coefficient (Wildman–Crippen LogP) is 3.03. The van der Waals surface area contributed by atoms with Gasteiger partial charge >= 0.3 is 0 Å². The minimum Gasteiger partial charge on any atom is -0.508 e. The number of phenols is 1. The number of nitrogens with two attached hydrogens (primary N) is 1. The molecule has 226 valence electrons. The van der Waals surface area contributed by atoms with Crippen molar-refractivity contribution in [1.29, 1.82) is 0 Å². The van der Waals surface area contributed by atoms with Crippen LogP contribution < -0.4 is 5.73 Å². The molecule has 2 fully saturated rings. The van der Waals surface area contributed by atoms with Crippen LogP contribution in [-0.4, -0.2) is 86.6 Å². The van der Waals surface area contributed by atoms with E-state index in [1.807, 2.05) is 6.07 Å². The van der Waals surface area contributed by atoms with Crippen LogP contribution in [0.4, 0.5) is 5.82 Å². The monoisotopic (exact) mass is 578 g/mol. The zero-order valence-corrected chi connectivity index (χ0v) is 24.9. The van der Waals surface area contributed by atoms with E-state index in [0.717, 1.165) is 48.1 Å². The highest BCUT2D eigenvalue weighted by Gasteiger charge is 2.46. The molecule has 42 heavy (non-hydrogen) atoms. The predicted molar refractivity (Wildman–Crippen MR) is 159 cm³/mol. The Bertz CT molecular complexity index is 1570. The molecule has 2 aliphatic rings. The smallest absolute Gasteiger partial charge is 0.167 e. The SMILES string of the molecule is CC(C)N(C[C@H]1O[C@@H](n2cnc3c(N)ncnc32)[C@H](O)[C@@H]1O)C1CC(CCc2nc3cc(O)c(C(C)(C)C)cc3[nH]2)C1. The number of phenolic OH excluding ortho intramolecular Hbond substituents is 1. The molecule has 1 saturated heterocycles. The summed E-state index contributed by atoms with van der Waals surface area (Å²) in [5, 5.41) is 32.3. The molecule has 1 aliphatic carbocycles. The quantitative estimate of drug-likeness (QED) is 0.209. The number of nitrogen functional groups attached to an aromatic ring is 1. The number of benzene rings is 1. The van der Waals surface area contributed by atoms with Gasteiger partial charge in [0.1, 0.15) is 41.7 Å². The fraction of sp³-hybridized carbons (Fsp3) is 0.600. The fourth-order valence-corrected chi connectivity index (χ4v) is 6.52. The van der Waals surface area contributed by atoms with Crippen LogP contribution in [-0.2, 0) is 16.6 Å². The van der Waals surface area contributed by atoms with Crippen molar-refractivity contribution in [3.63, 3.8) is 0 Å². The third kappa shape index (κ3) is 5.21. The van der Waals surface area contributed by atoms with E-state index in [2.05, 4.69) is 59.5 Å². The van der Waals surface area contributed by atoms with Gasteiger partial charge in [-0.15, -0.1) is 0 Å². The largest absolute Gasteiger partial charge is 0.508 e. The van der Waals surface area contributed by atoms with Gasteiger partial charge in [0.2, 0.25) is 0 Å². The first-order chi connectivity index (χ1) is 19.9. The van der Waals surface area contributed by atoms with Crippen molar-refractivity contribution < 1.29 is 20.1 Å². The number of aromatic nitrogens is 6. The second-order valence-corrected chi connectivity index (χ2v) is 13.3. The molecule has 3 aromatic heterocycles. The molecule has 0 spiro atoms. The first-order valence-electron chi connectivity index (χ1n) is 14.8. The summed E-state index contributed by atoms with van der Waals surface area (Å²) in [6.45, 7) is 11.1. The number of nitrogens with one attached hydrogen (secondary N) is 1. The van der Waals surface area contributed by atoms with Gasteiger partial charge in [0.25, 0.3) is 0 Å². The third-order valence-electron chi connectivity index (χ3n) is 8.98. The van der Waals surface area contributed by atoms with E-state index in [9.17, 15) is 15.3 Å². The van der Waals surface area contributed by atoms with Crippen LogP contribution in [0.3, 0.4) is 0 Å². The van der Waals surface area contributed by atoms with Crippen molar-refractivity contribution in [3.05, 3.63) is 36.2 Å². The Kier molecular flexibility index (Phi) is 7.37. The number of ether oxygens (including phenoxy) is 1. The molecule has 1 aromatic carbocycles. The van der Waals surface area contributed by atoms with E-state index in [-0.39, 0.29) is 23.0 Å². The number of imidazole rings is 2. The van der Waals surface area contributed by atoms with Crippen LogP contribution in [0, 0.1) is 5.92 Å². The standard InChI is InChI=1S/C30H42N8O4/c1-15(2)37(12-22-25(40)26(41)29(42-22)38-14-34-24-27(31)32-13-33-28(24)38)17-8-16(9-17)6-7-23-35-19-10-18(30(3,4)5)21(39)11-20(19)36-23/h10-11,13-17,22,25-26,29,39-41H,6-9,12H2,1-5H3,(H,35,36)(H2,31,32,33)/t16?,17?,22-,25-,26-,29-/m1/s1. The molecule has 1 saturated carbocycles. The maximum atomic E-state index is 10.9. The first kappa shape index (κ1) is 28.8. The number of aliphatic hydroxyl groups is 2. The highest BCUT2D eigenvalue weighted by atomic mass is 16.6. The second kappa shape index (κ2) is 10.7. The Morgan fingerprint density at radius 2 is 1.90 bits per heavy atom. The van der Waals surface area contributed by atoms with Crippen molar-refractivity contribution in [3.8, 4) is 5.75 Å². The minimum absolute atomic E-state index is 0.150. The van der Waals surface area contributed by atoms with E-state index in [4.69, 9.17) is 15.5 Å². The van der Waals surface area contributed by atoms with Crippen LogP contribution >= 0.6 is 0 Å². The molecule has 6 N–H and O–H groups in total. The normalized spacial score (nSPS) is 26.6. The molecule has 12 heteroatoms. The number of rotatable bonds is 8. The Balaban J connectivity index is 1.06. The highest BCUT2D eigenvalue weighted by Crippen LogP contribution is 2.39. The van der Waals surface area contributed by atoms with Gasteiger partial charge in [-0.1, -0.05) is 20.8 Å². The van der Waals surface area contributed by atoms with E-state index in [1.165, 1.54) is 12.7 Å². The summed E-state index contributed by atoms with van der Waals surface area (Å²) in [5.74, 6) is 2.07. The number of aliphatic hydroxyl groups excluding tert-OH is 2. The summed E-state index contributed by atoms with van der Waals surface area (Å²) in [5.41, 5.74) is 9.33. The van der Waals surface area contributed by atoms with Gasteiger partial charge < -0.3 is 30.8 Å². The van der Waals surface area contributed by atoms with Crippen molar-refractivity contribution in [2.45, 2.75) is 102 Å². The topological polar surface area (TPSA) is 171 Å². The Hall–Kier alpha value is -3.32. The number of aryl methyl sites for hydroxylation is 1. The number of fused-ring (bicyclic) bond motifs is 2. The Morgan fingerprint density at radius 1 is 1.14 bits per heavy atom. The lowest BCUT2D eigenvalue weighted by Gasteiger charge is -2.46. The Labute approximate surface area is 245 Å². The molecule has 0 radical (unpaired) electrons. The molecule has 12 nitrogen and oxygen atoms in total. The van der Waals surface area contributed by atoms with Gasteiger partial charge in [-0.05, 0) is 50.5 Å². The molecule has 4 atom stereocenters. The van der Waals surface area contributed by atoms with Gasteiger partial charge in [0.05, 0.1) is 17.4 Å². The number of anilines is 1. The molecule has 0 amide bonds. The van der Waals surface area contributed by atoms with Gasteiger partial charge in [-0.25, -0.2) is 19.9 Å². The van der Waals surface area contributed by atoms with Crippen molar-refractivity contribution in [1.82, 2.24) is 34.4 Å². The maximum absolute atomic E-state index is 10.9. The van der Waals surface area contributed by atoms with Gasteiger partial charge in [-0.2, -0.15) is 0 Å². The molecule has 6 rings (SSSR count). The summed E-state index contributed by atoms with van der Waals surface area (Å²) in [6.07, 6.45) is 3.31. The number of hydrogen-bond acceptors (Lipinski definition) is 10. The summed E-state index contributed by atoms with van der Waals surface area (Å²) in [7, 11) is 0. The average molecular weight is 579 g/mol. The zero-order valence-electron chi connectivity index (χ0n) is 24.9. The molecular weight excluding hydrogens is 536 g/mol. The summed E-state index contributed by atoms with van der Waals surface area (Å²) < 4.78 is 7.84. The summed E-state index contributed by atoms with van der Waals surface area (Å²) in [6, 6.07) is 4.41. The minimum atomic E-state index is -1.13. The first-order valence-corrected chi connectivity index (χ1v) is 14.8. The summed E-state index contributed by atoms with van der Waals surface area (Å²) in [4.78, 5) is 23.1. The molecule has 4 aromatic rings. The number of aromatic amines is 1. The van der Waals surface area contributed by atoms with Crippen LogP contribution in [0.5, 0.6) is 5.75 Å². The van der Waals surface area contributed by atoms with Crippen LogP contribution in [0.1, 0.15) is 71.5 Å². The van der Waals surface area contributed by atoms with Gasteiger partial charge in [0.15, 0.2) is 17.7 Å². The molecular formula is C30H42N8O4. The third-order valence-corrected chi connectivity index (χ3v) is 8.98. The van der Waals surface area contributed by atoms with E-state index < -0.39 is 24.5 Å². The van der Waals surface area contributed by atoms with Crippen molar-refractivity contribution >= 4 is 28.0 Å². The van der Waals surface area contributed by atoms with E-state index in [1.54, 1.807) is 10.6 Å². The number of aromatic hydroxyl groups is 1. The lowest BCUT2D eigenvalue weighted by molar-refractivity contribution is -0.0620. The van der Waals surface area contributed by atoms with E-state index in [0.29, 0.717) is 29.7 Å². The van der Waals surface area contributed by atoms with Crippen LogP contribution in [0.15, 0.2) is 24.8 Å². The highest BCUT2D eigenvalue weighted by molar-refractivity contribution is 5.81. The van der Waals surface area contributed by atoms with Crippen molar-refractivity contribution in [2.75, 3.05) is 12.3 Å². The van der Waals surface area contributed by atoms with Crippen LogP contribution in [0.25, 0.3) is 22.2 Å². The van der Waals surface area contributed by atoms with Gasteiger partial charge in [0, 0.05) is 36.7 Å². The average Bonchev–Trinajstić information content (AvgIpc) is 3.58. The van der Waals surface area contributed by atoms with E-state index >= 15 is 0 Å². The maximum Gasteiger partial charge on any atom is 0.167 e. The molecule has 1 aliphatic heterocycles. The zero-order chi connectivity index (χ0) is 29.9. The number of H-pyrrole nitrogens is 1. The lowest BCUT2D eigenvalue weighted by Crippen LogP contribution is -2.52. The van der Waals surface area contributed by atoms with Gasteiger partial charge in [-0.3, -0.25) is 9.47 Å². The lowest BCUT2D eigenvalue weighted by atomic mass is 9.76. The molecule has 0 bridgehead atoms. The molecule has 4 heterocycles.